The van der Waals surface area contributed by atoms with Gasteiger partial charge in [0, 0.05) is 24.7 Å². The molecule has 0 amide bonds. The zero-order valence-corrected chi connectivity index (χ0v) is 20.8. The summed E-state index contributed by atoms with van der Waals surface area (Å²) in [5.41, 5.74) is 8.45. The minimum atomic E-state index is -0.649. The summed E-state index contributed by atoms with van der Waals surface area (Å²) in [6.07, 6.45) is 12.9. The largest absolute Gasteiger partial charge is 0.497 e. The fraction of sp³-hybridized carbons (Fsp3) is 0.679. The van der Waals surface area contributed by atoms with E-state index in [1.54, 1.807) is 13.3 Å². The third-order valence-electron chi connectivity index (χ3n) is 8.53. The van der Waals surface area contributed by atoms with Crippen LogP contribution < -0.4 is 10.5 Å². The molecule has 2 aliphatic rings. The number of fused-ring (bicyclic) bond motifs is 1. The van der Waals surface area contributed by atoms with Crippen molar-refractivity contribution in [3.8, 4) is 5.75 Å². The van der Waals surface area contributed by atoms with Crippen molar-refractivity contribution >= 4 is 10.9 Å². The quantitative estimate of drug-likeness (QED) is 0.472. The van der Waals surface area contributed by atoms with Crippen LogP contribution in [0.15, 0.2) is 24.4 Å². The van der Waals surface area contributed by atoms with Gasteiger partial charge in [0.05, 0.1) is 18.7 Å². The van der Waals surface area contributed by atoms with Crippen molar-refractivity contribution in [1.29, 1.82) is 0 Å². The van der Waals surface area contributed by atoms with Crippen LogP contribution in [-0.4, -0.2) is 53.4 Å². The molecule has 0 bridgehead atoms. The van der Waals surface area contributed by atoms with E-state index >= 15 is 0 Å². The smallest absolute Gasteiger partial charge is 0.119 e. The Morgan fingerprint density at radius 3 is 2.65 bits per heavy atom. The van der Waals surface area contributed by atoms with E-state index in [2.05, 4.69) is 9.88 Å². The van der Waals surface area contributed by atoms with E-state index in [1.807, 2.05) is 18.2 Å². The molecule has 1 saturated carbocycles. The average Bonchev–Trinajstić information content (AvgIpc) is 2.90. The molecule has 6 nitrogen and oxygen atoms in total. The molecular weight excluding hydrogens is 426 g/mol. The first-order valence-corrected chi connectivity index (χ1v) is 13.2. The molecule has 34 heavy (non-hydrogen) atoms. The van der Waals surface area contributed by atoms with Gasteiger partial charge in [0.15, 0.2) is 0 Å². The number of piperidine rings is 1. The fourth-order valence-corrected chi connectivity index (χ4v) is 6.08. The maximum atomic E-state index is 11.3. The Hall–Kier alpha value is -1.73. The number of hydrogen-bond donors (Lipinski definition) is 3. The van der Waals surface area contributed by atoms with Crippen LogP contribution in [-0.2, 0) is 6.54 Å². The Morgan fingerprint density at radius 1 is 1.21 bits per heavy atom. The molecule has 2 heterocycles. The number of aliphatic hydroxyl groups excluding tert-OH is 2. The first-order chi connectivity index (χ1) is 16.6. The van der Waals surface area contributed by atoms with Crippen LogP contribution >= 0.6 is 0 Å². The molecule has 188 valence electrons. The van der Waals surface area contributed by atoms with Crippen molar-refractivity contribution in [2.75, 3.05) is 33.4 Å². The van der Waals surface area contributed by atoms with E-state index in [-0.39, 0.29) is 12.0 Å². The summed E-state index contributed by atoms with van der Waals surface area (Å²) in [5.74, 6) is 1.66. The third kappa shape index (κ3) is 5.91. The summed E-state index contributed by atoms with van der Waals surface area (Å²) in [6, 6.07) is 5.74. The van der Waals surface area contributed by atoms with Crippen LogP contribution in [0.25, 0.3) is 10.9 Å². The maximum Gasteiger partial charge on any atom is 0.119 e. The molecule has 2 aromatic rings. The highest BCUT2D eigenvalue weighted by atomic mass is 16.5. The number of benzene rings is 1. The summed E-state index contributed by atoms with van der Waals surface area (Å²) in [7, 11) is 1.64. The van der Waals surface area contributed by atoms with Gasteiger partial charge in [-0.1, -0.05) is 32.1 Å². The third-order valence-corrected chi connectivity index (χ3v) is 8.53. The Balaban J connectivity index is 1.38. The number of pyridine rings is 1. The van der Waals surface area contributed by atoms with Gasteiger partial charge in [0.2, 0.25) is 0 Å². The summed E-state index contributed by atoms with van der Waals surface area (Å²) < 4.78 is 5.41. The number of aromatic nitrogens is 1. The van der Waals surface area contributed by atoms with Crippen molar-refractivity contribution in [3.05, 3.63) is 35.5 Å². The minimum absolute atomic E-state index is 0.105. The Bertz CT molecular complexity index is 915. The summed E-state index contributed by atoms with van der Waals surface area (Å²) in [5, 5.41) is 22.5. The fourth-order valence-electron chi connectivity index (χ4n) is 6.08. The van der Waals surface area contributed by atoms with Gasteiger partial charge >= 0.3 is 0 Å². The lowest BCUT2D eigenvalue weighted by atomic mass is 9.74. The molecule has 1 atom stereocenters. The van der Waals surface area contributed by atoms with Crippen LogP contribution in [0.3, 0.4) is 0 Å². The molecule has 6 heteroatoms. The second kappa shape index (κ2) is 11.8. The number of likely N-dealkylation sites (tertiary alicyclic amines) is 1. The number of nitrogens with zero attached hydrogens (tertiary/aromatic N) is 2. The lowest BCUT2D eigenvalue weighted by molar-refractivity contribution is 0.0217. The average molecular weight is 470 g/mol. The molecule has 1 aromatic carbocycles. The van der Waals surface area contributed by atoms with Crippen molar-refractivity contribution in [2.24, 2.45) is 17.1 Å². The van der Waals surface area contributed by atoms with Gasteiger partial charge in [-0.2, -0.15) is 0 Å². The van der Waals surface area contributed by atoms with E-state index in [9.17, 15) is 10.2 Å². The number of methoxy groups -OCH3 is 1. The predicted octanol–water partition coefficient (Wildman–Crippen LogP) is 4.56. The molecule has 1 aliphatic carbocycles. The first-order valence-electron chi connectivity index (χ1n) is 13.2. The number of rotatable bonds is 10. The second-order valence-corrected chi connectivity index (χ2v) is 10.6. The Morgan fingerprint density at radius 2 is 1.97 bits per heavy atom. The van der Waals surface area contributed by atoms with Crippen molar-refractivity contribution in [3.63, 3.8) is 0 Å². The van der Waals surface area contributed by atoms with E-state index < -0.39 is 6.10 Å². The normalized spacial score (nSPS) is 20.5. The van der Waals surface area contributed by atoms with Gasteiger partial charge in [-0.15, -0.1) is 0 Å². The maximum absolute atomic E-state index is 11.3. The van der Waals surface area contributed by atoms with Gasteiger partial charge in [0.25, 0.3) is 0 Å². The van der Waals surface area contributed by atoms with Crippen LogP contribution in [0.5, 0.6) is 5.75 Å². The molecule has 0 unspecified atom stereocenters. The monoisotopic (exact) mass is 469 g/mol. The zero-order chi connectivity index (χ0) is 24.0. The second-order valence-electron chi connectivity index (χ2n) is 10.6. The molecular formula is C28H43N3O3. The van der Waals surface area contributed by atoms with Gasteiger partial charge < -0.3 is 25.6 Å². The van der Waals surface area contributed by atoms with Gasteiger partial charge in [0.1, 0.15) is 5.75 Å². The van der Waals surface area contributed by atoms with Crippen LogP contribution in [0.1, 0.15) is 81.4 Å². The van der Waals surface area contributed by atoms with E-state index in [0.717, 1.165) is 66.0 Å². The lowest BCUT2D eigenvalue weighted by Crippen LogP contribution is -2.42. The predicted molar refractivity (Wildman–Crippen MR) is 137 cm³/mol. The summed E-state index contributed by atoms with van der Waals surface area (Å²) >= 11 is 0. The highest BCUT2D eigenvalue weighted by Gasteiger charge is 2.35. The molecule has 0 radical (unpaired) electrons. The molecule has 4 N–H and O–H groups in total. The van der Waals surface area contributed by atoms with Crippen molar-refractivity contribution < 1.29 is 14.9 Å². The standard InChI is InChI=1S/C28H43N3O3/c1-34-23-7-8-25-24(17-23)27(22(18-29)19-30-25)26(33)9-11-28(20-32)12-15-31(16-13-28)14-10-21-5-3-2-4-6-21/h7-8,17,19,21,26,32-33H,2-6,9-16,18,20,29H2,1H3/t26-/m0/s1. The lowest BCUT2D eigenvalue weighted by Gasteiger charge is -2.41. The van der Waals surface area contributed by atoms with Crippen LogP contribution in [0.2, 0.25) is 0 Å². The Kier molecular flexibility index (Phi) is 8.81. The molecule has 1 saturated heterocycles. The van der Waals surface area contributed by atoms with E-state index in [1.165, 1.54) is 45.1 Å². The van der Waals surface area contributed by atoms with Crippen molar-refractivity contribution in [2.45, 2.75) is 76.9 Å². The number of hydrogen-bond acceptors (Lipinski definition) is 6. The van der Waals surface area contributed by atoms with Crippen LogP contribution in [0.4, 0.5) is 0 Å². The molecule has 4 rings (SSSR count). The summed E-state index contributed by atoms with van der Waals surface area (Å²) in [6.45, 7) is 3.80. The van der Waals surface area contributed by atoms with Gasteiger partial charge in [-0.3, -0.25) is 4.98 Å². The summed E-state index contributed by atoms with van der Waals surface area (Å²) in [4.78, 5) is 7.11. The first kappa shape index (κ1) is 25.4. The van der Waals surface area contributed by atoms with Gasteiger partial charge in [-0.25, -0.2) is 0 Å². The highest BCUT2D eigenvalue weighted by molar-refractivity contribution is 5.85. The molecule has 1 aliphatic heterocycles. The van der Waals surface area contributed by atoms with Crippen LogP contribution in [0, 0.1) is 11.3 Å². The van der Waals surface area contributed by atoms with E-state index in [4.69, 9.17) is 10.5 Å². The zero-order valence-electron chi connectivity index (χ0n) is 20.8. The Labute approximate surface area is 204 Å². The molecule has 0 spiro atoms. The highest BCUT2D eigenvalue weighted by Crippen LogP contribution is 2.40. The molecule has 2 fully saturated rings. The van der Waals surface area contributed by atoms with Gasteiger partial charge in [-0.05, 0) is 92.4 Å². The number of ether oxygens (including phenoxy) is 1. The van der Waals surface area contributed by atoms with Crippen molar-refractivity contribution in [1.82, 2.24) is 9.88 Å². The topological polar surface area (TPSA) is 91.8 Å². The SMILES string of the molecule is COc1ccc2ncc(CN)c([C@@H](O)CCC3(CO)CCN(CCC4CCCCC4)CC3)c2c1. The number of aliphatic hydroxyl groups is 2. The molecule has 1 aromatic heterocycles. The minimum Gasteiger partial charge on any atom is -0.497 e. The number of nitrogens with two attached hydrogens (primary N) is 1. The van der Waals surface area contributed by atoms with E-state index in [0.29, 0.717) is 13.0 Å².